The maximum atomic E-state index is 5.75. The molecule has 0 bridgehead atoms. The van der Waals surface area contributed by atoms with Crippen LogP contribution in [0, 0.1) is 0 Å². The van der Waals surface area contributed by atoms with E-state index in [1.165, 1.54) is 5.56 Å². The van der Waals surface area contributed by atoms with Crippen molar-refractivity contribution in [1.29, 1.82) is 0 Å². The second-order valence-corrected chi connectivity index (χ2v) is 5.72. The minimum Gasteiger partial charge on any atom is -0.307 e. The first-order chi connectivity index (χ1) is 10.1. The zero-order chi connectivity index (χ0) is 15.2. The molecule has 1 N–H and O–H groups in total. The van der Waals surface area contributed by atoms with E-state index < -0.39 is 0 Å². The van der Waals surface area contributed by atoms with Crippen LogP contribution in [0.15, 0.2) is 42.5 Å². The van der Waals surface area contributed by atoms with Crippen LogP contribution in [0.5, 0.6) is 0 Å². The lowest BCUT2D eigenvalue weighted by molar-refractivity contribution is 0.239. The van der Waals surface area contributed by atoms with Gasteiger partial charge in [-0.2, -0.15) is 5.10 Å². The summed E-state index contributed by atoms with van der Waals surface area (Å²) in [7, 11) is 4.19. The van der Waals surface area contributed by atoms with Crippen molar-refractivity contribution in [2.45, 2.75) is 25.6 Å². The van der Waals surface area contributed by atoms with Crippen LogP contribution in [-0.4, -0.2) is 35.2 Å². The fourth-order valence-electron chi connectivity index (χ4n) is 2.50. The van der Waals surface area contributed by atoms with E-state index in [1.807, 2.05) is 12.1 Å². The molecule has 0 fully saturated rings. The number of halogens is 1. The molecule has 112 valence electrons. The Morgan fingerprint density at radius 2 is 1.81 bits per heavy atom. The maximum absolute atomic E-state index is 5.75. The minimum atomic E-state index is 0.278. The highest BCUT2D eigenvalue weighted by Gasteiger charge is 2.20. The van der Waals surface area contributed by atoms with E-state index in [0.717, 1.165) is 5.69 Å². The van der Waals surface area contributed by atoms with Crippen LogP contribution in [0.25, 0.3) is 0 Å². The van der Waals surface area contributed by atoms with Gasteiger partial charge in [-0.25, -0.2) is 0 Å². The van der Waals surface area contributed by atoms with Gasteiger partial charge >= 0.3 is 0 Å². The smallest absolute Gasteiger partial charge is 0.151 e. The van der Waals surface area contributed by atoms with Gasteiger partial charge < -0.3 is 10.2 Å². The van der Waals surface area contributed by atoms with Crippen molar-refractivity contribution < 1.29 is 0 Å². The minimum absolute atomic E-state index is 0.278. The van der Waals surface area contributed by atoms with E-state index in [-0.39, 0.29) is 6.04 Å². The molecule has 0 spiro atoms. The zero-order valence-electron chi connectivity index (χ0n) is 12.6. The monoisotopic (exact) mass is 304 g/mol. The predicted molar refractivity (Wildman–Crippen MR) is 86.2 cm³/mol. The molecule has 5 heteroatoms. The Hall–Kier alpha value is -1.49. The molecule has 2 unspecified atom stereocenters. The van der Waals surface area contributed by atoms with Crippen molar-refractivity contribution in [3.05, 3.63) is 58.9 Å². The highest BCUT2D eigenvalue weighted by molar-refractivity contribution is 6.29. The third-order valence-electron chi connectivity index (χ3n) is 3.46. The van der Waals surface area contributed by atoms with E-state index in [4.69, 9.17) is 11.6 Å². The topological polar surface area (TPSA) is 41.1 Å². The lowest BCUT2D eigenvalue weighted by atomic mass is 9.99. The van der Waals surface area contributed by atoms with Gasteiger partial charge in [-0.1, -0.05) is 41.9 Å². The molecule has 1 aromatic heterocycles. The van der Waals surface area contributed by atoms with Gasteiger partial charge in [-0.15, -0.1) is 5.10 Å². The predicted octanol–water partition coefficient (Wildman–Crippen LogP) is 2.91. The lowest BCUT2D eigenvalue weighted by Crippen LogP contribution is -2.39. The summed E-state index contributed by atoms with van der Waals surface area (Å²) in [6, 6.07) is 14.7. The number of aromatic nitrogens is 2. The van der Waals surface area contributed by atoms with Gasteiger partial charge in [0.1, 0.15) is 0 Å². The van der Waals surface area contributed by atoms with Gasteiger partial charge in [-0.3, -0.25) is 0 Å². The third-order valence-corrected chi connectivity index (χ3v) is 3.67. The average molecular weight is 305 g/mol. The molecule has 0 saturated carbocycles. The largest absolute Gasteiger partial charge is 0.307 e. The molecule has 0 saturated heterocycles. The molecular weight excluding hydrogens is 284 g/mol. The Bertz CT molecular complexity index is 542. The van der Waals surface area contributed by atoms with Gasteiger partial charge in [0, 0.05) is 18.6 Å². The molecule has 0 aliphatic heterocycles. The molecule has 1 heterocycles. The summed E-state index contributed by atoms with van der Waals surface area (Å²) < 4.78 is 0. The Labute approximate surface area is 131 Å². The van der Waals surface area contributed by atoms with Crippen molar-refractivity contribution >= 4 is 11.6 Å². The fourth-order valence-corrected chi connectivity index (χ4v) is 2.60. The van der Waals surface area contributed by atoms with Crippen LogP contribution in [0.3, 0.4) is 0 Å². The summed E-state index contributed by atoms with van der Waals surface area (Å²) >= 11 is 5.75. The van der Waals surface area contributed by atoms with Crippen LogP contribution in [0.4, 0.5) is 0 Å². The van der Waals surface area contributed by atoms with Crippen LogP contribution in [-0.2, 0) is 6.54 Å². The number of likely N-dealkylation sites (N-methyl/N-ethyl adjacent to an activating group) is 1. The summed E-state index contributed by atoms with van der Waals surface area (Å²) in [5.74, 6) is 0. The van der Waals surface area contributed by atoms with Crippen molar-refractivity contribution in [2.75, 3.05) is 14.1 Å². The SMILES string of the molecule is CC(NCc1ccc(Cl)nn1)C(c1ccccc1)N(C)C. The number of nitrogens with one attached hydrogen (secondary N) is 1. The van der Waals surface area contributed by atoms with Crippen molar-refractivity contribution in [3.63, 3.8) is 0 Å². The van der Waals surface area contributed by atoms with E-state index in [1.54, 1.807) is 6.07 Å². The standard InChI is InChI=1S/C16H21ClN4/c1-12(18-11-14-9-10-15(17)20-19-14)16(21(2)3)13-7-5-4-6-8-13/h4-10,12,16,18H,11H2,1-3H3. The second-order valence-electron chi connectivity index (χ2n) is 5.34. The summed E-state index contributed by atoms with van der Waals surface area (Å²) in [5.41, 5.74) is 2.18. The van der Waals surface area contributed by atoms with Crippen LogP contribution in [0.1, 0.15) is 24.2 Å². The van der Waals surface area contributed by atoms with Gasteiger partial charge in [0.15, 0.2) is 5.15 Å². The fraction of sp³-hybridized carbons (Fsp3) is 0.375. The Morgan fingerprint density at radius 1 is 1.10 bits per heavy atom. The molecule has 0 radical (unpaired) electrons. The number of hydrogen-bond acceptors (Lipinski definition) is 4. The number of rotatable bonds is 6. The molecule has 4 nitrogen and oxygen atoms in total. The summed E-state index contributed by atoms with van der Waals surface area (Å²) in [4.78, 5) is 2.22. The van der Waals surface area contributed by atoms with E-state index in [0.29, 0.717) is 17.7 Å². The van der Waals surface area contributed by atoms with Crippen LogP contribution < -0.4 is 5.32 Å². The normalized spacial score (nSPS) is 14.1. The lowest BCUT2D eigenvalue weighted by Gasteiger charge is -2.31. The first kappa shape index (κ1) is 15.9. The highest BCUT2D eigenvalue weighted by Crippen LogP contribution is 2.21. The zero-order valence-corrected chi connectivity index (χ0v) is 13.4. The molecular formula is C16H21ClN4. The number of nitrogens with zero attached hydrogens (tertiary/aromatic N) is 3. The van der Waals surface area contributed by atoms with Gasteiger partial charge in [0.2, 0.25) is 0 Å². The maximum Gasteiger partial charge on any atom is 0.151 e. The van der Waals surface area contributed by atoms with Gasteiger partial charge in [-0.05, 0) is 38.7 Å². The molecule has 0 amide bonds. The first-order valence-corrected chi connectivity index (χ1v) is 7.38. The van der Waals surface area contributed by atoms with Crippen molar-refractivity contribution in [2.24, 2.45) is 0 Å². The van der Waals surface area contributed by atoms with Gasteiger partial charge in [0.25, 0.3) is 0 Å². The van der Waals surface area contributed by atoms with E-state index in [9.17, 15) is 0 Å². The summed E-state index contributed by atoms with van der Waals surface area (Å²) in [6.07, 6.45) is 0. The summed E-state index contributed by atoms with van der Waals surface area (Å²) in [5, 5.41) is 11.9. The molecule has 2 aromatic rings. The van der Waals surface area contributed by atoms with Crippen LogP contribution in [0.2, 0.25) is 5.15 Å². The van der Waals surface area contributed by atoms with Crippen LogP contribution >= 0.6 is 11.6 Å². The molecule has 0 aliphatic carbocycles. The molecule has 21 heavy (non-hydrogen) atoms. The first-order valence-electron chi connectivity index (χ1n) is 7.01. The molecule has 1 aromatic carbocycles. The van der Waals surface area contributed by atoms with Crippen molar-refractivity contribution in [1.82, 2.24) is 20.4 Å². The highest BCUT2D eigenvalue weighted by atomic mass is 35.5. The average Bonchev–Trinajstić information content (AvgIpc) is 2.47. The van der Waals surface area contributed by atoms with Crippen molar-refractivity contribution in [3.8, 4) is 0 Å². The third kappa shape index (κ3) is 4.49. The Balaban J connectivity index is 2.02. The molecule has 2 atom stereocenters. The summed E-state index contributed by atoms with van der Waals surface area (Å²) in [6.45, 7) is 2.85. The Kier molecular flexibility index (Phi) is 5.67. The second kappa shape index (κ2) is 7.50. The molecule has 2 rings (SSSR count). The van der Waals surface area contributed by atoms with Gasteiger partial charge in [0.05, 0.1) is 5.69 Å². The Morgan fingerprint density at radius 3 is 2.38 bits per heavy atom. The van der Waals surface area contributed by atoms with E-state index >= 15 is 0 Å². The quantitative estimate of drug-likeness (QED) is 0.891. The van der Waals surface area contributed by atoms with E-state index in [2.05, 4.69) is 65.7 Å². The number of hydrogen-bond donors (Lipinski definition) is 1. The molecule has 0 aliphatic rings. The number of benzene rings is 1.